The summed E-state index contributed by atoms with van der Waals surface area (Å²) in [5.41, 5.74) is 1.11. The van der Waals surface area contributed by atoms with Crippen LogP contribution in [0.5, 0.6) is 0 Å². The smallest absolute Gasteiger partial charge is 0.261 e. The molecule has 0 bridgehead atoms. The van der Waals surface area contributed by atoms with E-state index < -0.39 is 6.04 Å². The Morgan fingerprint density at radius 2 is 2.26 bits per heavy atom. The van der Waals surface area contributed by atoms with E-state index in [-0.39, 0.29) is 11.8 Å². The third-order valence-corrected chi connectivity index (χ3v) is 5.81. The van der Waals surface area contributed by atoms with Crippen LogP contribution >= 0.6 is 22.7 Å². The molecule has 0 aliphatic heterocycles. The van der Waals surface area contributed by atoms with Crippen LogP contribution < -0.4 is 10.6 Å². The Hall–Kier alpha value is -1.73. The maximum atomic E-state index is 12.2. The molecule has 2 aromatic rings. The van der Waals surface area contributed by atoms with Crippen molar-refractivity contribution in [3.05, 3.63) is 33.0 Å². The number of anilines is 1. The molecule has 2 atom stereocenters. The number of carbonyl (C=O) groups is 2. The third-order valence-electron chi connectivity index (χ3n) is 3.90. The average Bonchev–Trinajstić information content (AvgIpc) is 3.15. The number of nitrogens with zero attached hydrogens (tertiary/aromatic N) is 1. The van der Waals surface area contributed by atoms with Gasteiger partial charge in [0.2, 0.25) is 5.91 Å². The second-order valence-electron chi connectivity index (χ2n) is 5.90. The van der Waals surface area contributed by atoms with E-state index in [1.165, 1.54) is 16.2 Å². The Morgan fingerprint density at radius 3 is 3.00 bits per heavy atom. The fourth-order valence-electron chi connectivity index (χ4n) is 2.55. The van der Waals surface area contributed by atoms with Gasteiger partial charge in [0.05, 0.1) is 10.6 Å². The Bertz CT molecular complexity index is 709. The highest BCUT2D eigenvalue weighted by atomic mass is 32.1. The Morgan fingerprint density at radius 1 is 1.43 bits per heavy atom. The molecule has 0 spiro atoms. The number of aryl methyl sites for hydroxylation is 1. The summed E-state index contributed by atoms with van der Waals surface area (Å²) in [4.78, 5) is 30.6. The lowest BCUT2D eigenvalue weighted by Crippen LogP contribution is -2.41. The summed E-state index contributed by atoms with van der Waals surface area (Å²) < 4.78 is 0. The fraction of sp³-hybridized carbons (Fsp3) is 0.438. The summed E-state index contributed by atoms with van der Waals surface area (Å²) in [6, 6.07) is 2.94. The molecule has 2 N–H and O–H groups in total. The van der Waals surface area contributed by atoms with Crippen molar-refractivity contribution in [3.63, 3.8) is 0 Å². The van der Waals surface area contributed by atoms with Crippen molar-refractivity contribution in [3.8, 4) is 0 Å². The standard InChI is InChI=1S/C16H19N3O2S2/c1-9-5-6-11-13(8-9)23-16(18-11)19-14(20)10(2)17-15(21)12-4-3-7-22-12/h3-4,7,9-10H,5-6,8H2,1-2H3,(H,17,21)(H,18,19,20)/t9-,10+/m1/s1. The molecule has 23 heavy (non-hydrogen) atoms. The first-order chi connectivity index (χ1) is 11.0. The summed E-state index contributed by atoms with van der Waals surface area (Å²) in [7, 11) is 0. The van der Waals surface area contributed by atoms with E-state index in [1.807, 2.05) is 11.4 Å². The van der Waals surface area contributed by atoms with Crippen LogP contribution in [0.1, 0.15) is 40.5 Å². The van der Waals surface area contributed by atoms with Crippen molar-refractivity contribution in [1.82, 2.24) is 10.3 Å². The summed E-state index contributed by atoms with van der Waals surface area (Å²) in [5, 5.41) is 7.99. The second-order valence-corrected chi connectivity index (χ2v) is 7.93. The number of fused-ring (bicyclic) bond motifs is 1. The Kier molecular flexibility index (Phi) is 4.77. The van der Waals surface area contributed by atoms with Crippen molar-refractivity contribution >= 4 is 39.6 Å². The predicted molar refractivity (Wildman–Crippen MR) is 93.2 cm³/mol. The van der Waals surface area contributed by atoms with Gasteiger partial charge in [-0.1, -0.05) is 13.0 Å². The van der Waals surface area contributed by atoms with Gasteiger partial charge in [-0.25, -0.2) is 4.98 Å². The number of amides is 2. The highest BCUT2D eigenvalue weighted by Gasteiger charge is 2.22. The van der Waals surface area contributed by atoms with Crippen LogP contribution in [0.15, 0.2) is 17.5 Å². The van der Waals surface area contributed by atoms with Crippen molar-refractivity contribution in [2.45, 2.75) is 39.2 Å². The van der Waals surface area contributed by atoms with Gasteiger partial charge >= 0.3 is 0 Å². The molecule has 2 aromatic heterocycles. The molecule has 1 aliphatic carbocycles. The zero-order chi connectivity index (χ0) is 16.4. The number of hydrogen-bond donors (Lipinski definition) is 2. The van der Waals surface area contributed by atoms with Crippen LogP contribution in [-0.4, -0.2) is 22.8 Å². The SMILES string of the molecule is C[C@@H]1CCc2nc(NC(=O)[C@H](C)NC(=O)c3cccs3)sc2C1. The van der Waals surface area contributed by atoms with Crippen LogP contribution in [0.4, 0.5) is 5.13 Å². The number of thiazole rings is 1. The van der Waals surface area contributed by atoms with E-state index in [9.17, 15) is 9.59 Å². The predicted octanol–water partition coefficient (Wildman–Crippen LogP) is 3.09. The molecular formula is C16H19N3O2S2. The first-order valence-corrected chi connectivity index (χ1v) is 9.36. The van der Waals surface area contributed by atoms with Gasteiger partial charge in [-0.15, -0.1) is 22.7 Å². The van der Waals surface area contributed by atoms with Gasteiger partial charge in [-0.05, 0) is 43.6 Å². The van der Waals surface area contributed by atoms with Gasteiger partial charge in [-0.2, -0.15) is 0 Å². The van der Waals surface area contributed by atoms with Gasteiger partial charge < -0.3 is 10.6 Å². The largest absolute Gasteiger partial charge is 0.340 e. The molecule has 2 heterocycles. The number of carbonyl (C=O) groups excluding carboxylic acids is 2. The topological polar surface area (TPSA) is 71.1 Å². The summed E-state index contributed by atoms with van der Waals surface area (Å²) in [6.07, 6.45) is 3.17. The quantitative estimate of drug-likeness (QED) is 0.891. The fourth-order valence-corrected chi connectivity index (χ4v) is 4.35. The van der Waals surface area contributed by atoms with E-state index in [1.54, 1.807) is 24.3 Å². The third kappa shape index (κ3) is 3.79. The van der Waals surface area contributed by atoms with Crippen LogP contribution in [0.25, 0.3) is 0 Å². The van der Waals surface area contributed by atoms with Crippen LogP contribution in [-0.2, 0) is 17.6 Å². The van der Waals surface area contributed by atoms with Crippen LogP contribution in [0.3, 0.4) is 0 Å². The van der Waals surface area contributed by atoms with E-state index in [0.717, 1.165) is 25.0 Å². The minimum atomic E-state index is -0.607. The zero-order valence-electron chi connectivity index (χ0n) is 13.1. The van der Waals surface area contributed by atoms with Gasteiger partial charge in [0.1, 0.15) is 6.04 Å². The molecule has 0 unspecified atom stereocenters. The molecule has 0 saturated carbocycles. The van der Waals surface area contributed by atoms with E-state index in [2.05, 4.69) is 22.5 Å². The zero-order valence-corrected chi connectivity index (χ0v) is 14.7. The minimum absolute atomic E-state index is 0.227. The van der Waals surface area contributed by atoms with Gasteiger partial charge in [-0.3, -0.25) is 9.59 Å². The summed E-state index contributed by atoms with van der Waals surface area (Å²) >= 11 is 2.90. The molecular weight excluding hydrogens is 330 g/mol. The second kappa shape index (κ2) is 6.80. The Balaban J connectivity index is 1.59. The number of nitrogens with one attached hydrogen (secondary N) is 2. The van der Waals surface area contributed by atoms with Gasteiger partial charge in [0.25, 0.3) is 5.91 Å². The Labute approximate surface area is 143 Å². The molecule has 2 amide bonds. The maximum Gasteiger partial charge on any atom is 0.261 e. The van der Waals surface area contributed by atoms with E-state index >= 15 is 0 Å². The minimum Gasteiger partial charge on any atom is -0.340 e. The molecule has 0 fully saturated rings. The van der Waals surface area contributed by atoms with E-state index in [0.29, 0.717) is 15.9 Å². The molecule has 122 valence electrons. The first kappa shape index (κ1) is 16.1. The highest BCUT2D eigenvalue weighted by molar-refractivity contribution is 7.15. The van der Waals surface area contributed by atoms with Crippen LogP contribution in [0, 0.1) is 5.92 Å². The van der Waals surface area contributed by atoms with Crippen molar-refractivity contribution in [2.75, 3.05) is 5.32 Å². The van der Waals surface area contributed by atoms with Gasteiger partial charge in [0.15, 0.2) is 5.13 Å². The molecule has 3 rings (SSSR count). The van der Waals surface area contributed by atoms with Crippen molar-refractivity contribution < 1.29 is 9.59 Å². The van der Waals surface area contributed by atoms with E-state index in [4.69, 9.17) is 0 Å². The lowest BCUT2D eigenvalue weighted by Gasteiger charge is -2.15. The normalized spacial score (nSPS) is 18.1. The molecule has 1 aliphatic rings. The van der Waals surface area contributed by atoms with Crippen molar-refractivity contribution in [1.29, 1.82) is 0 Å². The van der Waals surface area contributed by atoms with Gasteiger partial charge in [0, 0.05) is 4.88 Å². The lowest BCUT2D eigenvalue weighted by atomic mass is 9.93. The first-order valence-electron chi connectivity index (χ1n) is 7.66. The monoisotopic (exact) mass is 349 g/mol. The molecule has 0 saturated heterocycles. The maximum absolute atomic E-state index is 12.2. The van der Waals surface area contributed by atoms with Crippen molar-refractivity contribution in [2.24, 2.45) is 5.92 Å². The number of thiophene rings is 1. The summed E-state index contributed by atoms with van der Waals surface area (Å²) in [6.45, 7) is 3.92. The number of aromatic nitrogens is 1. The van der Waals surface area contributed by atoms with Crippen LogP contribution in [0.2, 0.25) is 0 Å². The number of rotatable bonds is 4. The number of hydrogen-bond acceptors (Lipinski definition) is 5. The molecule has 7 heteroatoms. The molecule has 0 radical (unpaired) electrons. The molecule has 0 aromatic carbocycles. The average molecular weight is 349 g/mol. The summed E-state index contributed by atoms with van der Waals surface area (Å²) in [5.74, 6) is 0.208. The molecule has 5 nitrogen and oxygen atoms in total. The highest BCUT2D eigenvalue weighted by Crippen LogP contribution is 2.32. The lowest BCUT2D eigenvalue weighted by molar-refractivity contribution is -0.117.